The zero-order valence-corrected chi connectivity index (χ0v) is 23.4. The third kappa shape index (κ3) is 5.84. The molecule has 2 unspecified atom stereocenters. The molecule has 2 aromatic carbocycles. The quantitative estimate of drug-likeness (QED) is 0.351. The van der Waals surface area contributed by atoms with Crippen LogP contribution in [0.25, 0.3) is 11.1 Å². The van der Waals surface area contributed by atoms with Gasteiger partial charge in [0, 0.05) is 19.4 Å². The summed E-state index contributed by atoms with van der Waals surface area (Å²) in [4.78, 5) is 18.2. The molecule has 0 aliphatic carbocycles. The number of aliphatic hydroxyl groups is 1. The molecule has 0 saturated carbocycles. The molecule has 1 fully saturated rings. The predicted molar refractivity (Wildman–Crippen MR) is 152 cm³/mol. The monoisotopic (exact) mass is 546 g/mol. The summed E-state index contributed by atoms with van der Waals surface area (Å²) in [6.07, 6.45) is 4.50. The van der Waals surface area contributed by atoms with Crippen LogP contribution in [-0.2, 0) is 16.0 Å². The second-order valence-electron chi connectivity index (χ2n) is 10.7. The van der Waals surface area contributed by atoms with E-state index >= 15 is 0 Å². The van der Waals surface area contributed by atoms with Crippen molar-refractivity contribution in [2.45, 2.75) is 50.9 Å². The number of carboxylic acid groups (broad SMARTS) is 1. The van der Waals surface area contributed by atoms with Gasteiger partial charge in [0.15, 0.2) is 0 Å². The number of rotatable bonds is 10. The summed E-state index contributed by atoms with van der Waals surface area (Å²) < 4.78 is 17.7. The number of pyridine rings is 1. The number of likely N-dealkylation sites (tertiary alicyclic amines) is 1. The number of nitrogens with zero attached hydrogens (tertiary/aromatic N) is 2. The van der Waals surface area contributed by atoms with Crippen LogP contribution in [0.1, 0.15) is 66.7 Å². The Labute approximate surface area is 235 Å². The van der Waals surface area contributed by atoms with Gasteiger partial charge in [-0.2, -0.15) is 0 Å². The molecule has 40 heavy (non-hydrogen) atoms. The van der Waals surface area contributed by atoms with Crippen molar-refractivity contribution in [3.63, 3.8) is 0 Å². The van der Waals surface area contributed by atoms with E-state index in [1.807, 2.05) is 18.2 Å². The van der Waals surface area contributed by atoms with Crippen molar-refractivity contribution in [3.05, 3.63) is 77.0 Å². The molecule has 2 aliphatic rings. The SMILES string of the molecule is COCC(c1cc(C2CCc3ccc([C@H](O)[C@H](C)C(=O)O)cc3O2)ccc1-c1ccnc(OC)c1)N1CCCC1. The van der Waals surface area contributed by atoms with Crippen molar-refractivity contribution < 1.29 is 29.2 Å². The minimum atomic E-state index is -1.11. The van der Waals surface area contributed by atoms with Gasteiger partial charge in [0.25, 0.3) is 0 Å². The molecule has 0 radical (unpaired) electrons. The predicted octanol–water partition coefficient (Wildman–Crippen LogP) is 5.36. The summed E-state index contributed by atoms with van der Waals surface area (Å²) in [5.74, 6) is -0.683. The number of ether oxygens (including phenoxy) is 3. The summed E-state index contributed by atoms with van der Waals surface area (Å²) in [6.45, 7) is 4.15. The van der Waals surface area contributed by atoms with Crippen LogP contribution in [0.4, 0.5) is 0 Å². The fourth-order valence-corrected chi connectivity index (χ4v) is 5.84. The van der Waals surface area contributed by atoms with Gasteiger partial charge in [0.2, 0.25) is 5.88 Å². The number of aromatic nitrogens is 1. The van der Waals surface area contributed by atoms with Crippen molar-refractivity contribution in [2.24, 2.45) is 5.92 Å². The molecule has 3 heterocycles. The van der Waals surface area contributed by atoms with Crippen LogP contribution in [0.15, 0.2) is 54.7 Å². The van der Waals surface area contributed by atoms with E-state index < -0.39 is 18.0 Å². The first kappa shape index (κ1) is 28.1. The van der Waals surface area contributed by atoms with Gasteiger partial charge in [-0.3, -0.25) is 9.69 Å². The average Bonchev–Trinajstić information content (AvgIpc) is 3.53. The zero-order chi connectivity index (χ0) is 28.2. The fourth-order valence-electron chi connectivity index (χ4n) is 5.84. The average molecular weight is 547 g/mol. The summed E-state index contributed by atoms with van der Waals surface area (Å²) >= 11 is 0. The normalized spacial score (nSPS) is 19.4. The van der Waals surface area contributed by atoms with Crippen LogP contribution < -0.4 is 9.47 Å². The lowest BCUT2D eigenvalue weighted by molar-refractivity contribution is -0.145. The number of aliphatic hydroxyl groups excluding tert-OH is 1. The van der Waals surface area contributed by atoms with Crippen LogP contribution in [0.2, 0.25) is 0 Å². The van der Waals surface area contributed by atoms with Gasteiger partial charge in [0.1, 0.15) is 11.9 Å². The molecule has 4 atom stereocenters. The van der Waals surface area contributed by atoms with E-state index in [4.69, 9.17) is 14.2 Å². The Morgan fingerprint density at radius 1 is 1.12 bits per heavy atom. The van der Waals surface area contributed by atoms with Gasteiger partial charge in [-0.15, -0.1) is 0 Å². The molecule has 0 spiro atoms. The number of carboxylic acids is 1. The lowest BCUT2D eigenvalue weighted by Gasteiger charge is -2.32. The van der Waals surface area contributed by atoms with Crippen molar-refractivity contribution in [3.8, 4) is 22.8 Å². The Morgan fingerprint density at radius 3 is 2.65 bits per heavy atom. The number of aliphatic carboxylic acids is 1. The number of fused-ring (bicyclic) bond motifs is 1. The van der Waals surface area contributed by atoms with E-state index in [9.17, 15) is 15.0 Å². The maximum atomic E-state index is 11.4. The Kier molecular flexibility index (Phi) is 8.69. The van der Waals surface area contributed by atoms with Crippen LogP contribution in [-0.4, -0.2) is 60.0 Å². The molecule has 2 N–H and O–H groups in total. The van der Waals surface area contributed by atoms with Gasteiger partial charge in [-0.1, -0.05) is 24.3 Å². The molecule has 8 heteroatoms. The maximum absolute atomic E-state index is 11.4. The molecule has 1 saturated heterocycles. The summed E-state index contributed by atoms with van der Waals surface area (Å²) in [5.41, 5.74) is 6.02. The number of hydrogen-bond acceptors (Lipinski definition) is 7. The summed E-state index contributed by atoms with van der Waals surface area (Å²) in [6, 6.07) is 16.1. The fraction of sp³-hybridized carbons (Fsp3) is 0.438. The van der Waals surface area contributed by atoms with E-state index in [1.165, 1.54) is 25.3 Å². The van der Waals surface area contributed by atoms with E-state index in [-0.39, 0.29) is 12.1 Å². The minimum absolute atomic E-state index is 0.0942. The molecule has 0 amide bonds. The van der Waals surface area contributed by atoms with Crippen LogP contribution in [0.3, 0.4) is 0 Å². The highest BCUT2D eigenvalue weighted by Gasteiger charge is 2.30. The highest BCUT2D eigenvalue weighted by Crippen LogP contribution is 2.41. The molecule has 1 aromatic heterocycles. The maximum Gasteiger partial charge on any atom is 0.309 e. The topological polar surface area (TPSA) is 101 Å². The van der Waals surface area contributed by atoms with Crippen LogP contribution >= 0.6 is 0 Å². The Morgan fingerprint density at radius 2 is 1.93 bits per heavy atom. The molecular weight excluding hydrogens is 508 g/mol. The van der Waals surface area contributed by atoms with E-state index in [1.54, 1.807) is 32.5 Å². The zero-order valence-electron chi connectivity index (χ0n) is 23.4. The van der Waals surface area contributed by atoms with E-state index in [2.05, 4.69) is 28.1 Å². The second-order valence-corrected chi connectivity index (χ2v) is 10.7. The van der Waals surface area contributed by atoms with E-state index in [0.29, 0.717) is 23.8 Å². The number of hydrogen-bond donors (Lipinski definition) is 2. The lowest BCUT2D eigenvalue weighted by atomic mass is 9.89. The van der Waals surface area contributed by atoms with E-state index in [0.717, 1.165) is 48.2 Å². The standard InChI is InChI=1S/C32H38N2O6/c1-20(32(36)37)31(35)24-7-6-21-9-11-28(40-29(21)17-24)23-8-10-25(22-12-13-33-30(18-22)39-3)26(16-23)27(19-38-2)34-14-4-5-15-34/h6-8,10,12-13,16-18,20,27-28,31,35H,4-5,9,11,14-15,19H2,1-3H3,(H,36,37)/t20-,27?,28?,31+/m0/s1. The number of methoxy groups -OCH3 is 2. The third-order valence-electron chi connectivity index (χ3n) is 8.21. The van der Waals surface area contributed by atoms with Gasteiger partial charge in [0.05, 0.1) is 31.8 Å². The smallest absolute Gasteiger partial charge is 0.309 e. The second kappa shape index (κ2) is 12.4. The third-order valence-corrected chi connectivity index (χ3v) is 8.21. The number of aryl methyl sites for hydroxylation is 1. The largest absolute Gasteiger partial charge is 0.485 e. The first-order chi connectivity index (χ1) is 19.4. The molecule has 212 valence electrons. The first-order valence-electron chi connectivity index (χ1n) is 14.0. The molecule has 0 bridgehead atoms. The van der Waals surface area contributed by atoms with Gasteiger partial charge < -0.3 is 24.4 Å². The summed E-state index contributed by atoms with van der Waals surface area (Å²) in [5, 5.41) is 20.0. The van der Waals surface area contributed by atoms with Crippen molar-refractivity contribution in [1.82, 2.24) is 9.88 Å². The molecule has 2 aliphatic heterocycles. The highest BCUT2D eigenvalue weighted by atomic mass is 16.5. The van der Waals surface area contributed by atoms with Gasteiger partial charge >= 0.3 is 5.97 Å². The lowest BCUT2D eigenvalue weighted by Crippen LogP contribution is -2.29. The summed E-state index contributed by atoms with van der Waals surface area (Å²) in [7, 11) is 3.37. The first-order valence-corrected chi connectivity index (χ1v) is 14.0. The number of benzene rings is 2. The Bertz CT molecular complexity index is 1340. The van der Waals surface area contributed by atoms with Crippen molar-refractivity contribution >= 4 is 5.97 Å². The van der Waals surface area contributed by atoms with Crippen LogP contribution in [0.5, 0.6) is 11.6 Å². The van der Waals surface area contributed by atoms with Gasteiger partial charge in [-0.05, 0) is 97.3 Å². The molecule has 5 rings (SSSR count). The Hall–Kier alpha value is -3.46. The van der Waals surface area contributed by atoms with Crippen molar-refractivity contribution in [1.29, 1.82) is 0 Å². The minimum Gasteiger partial charge on any atom is -0.485 e. The van der Waals surface area contributed by atoms with Gasteiger partial charge in [-0.25, -0.2) is 4.98 Å². The van der Waals surface area contributed by atoms with Crippen molar-refractivity contribution in [2.75, 3.05) is 33.9 Å². The molecule has 8 nitrogen and oxygen atoms in total. The highest BCUT2D eigenvalue weighted by molar-refractivity contribution is 5.71. The molecule has 3 aromatic rings. The van der Waals surface area contributed by atoms with Crippen LogP contribution in [0, 0.1) is 5.92 Å². The number of carbonyl (C=O) groups is 1. The Balaban J connectivity index is 1.51. The molecular formula is C32H38N2O6.